The number of hydrogen-bond acceptors (Lipinski definition) is 5. The maximum Gasteiger partial charge on any atom is 0.415 e. The largest absolute Gasteiger partial charge is 0.493 e. The van der Waals surface area contributed by atoms with Gasteiger partial charge >= 0.3 is 6.09 Å². The average molecular weight is 496 g/mol. The first-order chi connectivity index (χ1) is 16.8. The molecule has 0 aliphatic carbocycles. The lowest BCUT2D eigenvalue weighted by Gasteiger charge is -2.19. The topological polar surface area (TPSA) is 57.2 Å². The Kier molecular flexibility index (Phi) is 9.04. The highest BCUT2D eigenvalue weighted by Gasteiger charge is 2.16. The SMILES string of the molecule is C=C(OC(=O)N(C)Cc1ccc(OCc2ccccc2)c(OC)c1)c1ccc(OC(C)C)c(Cl)c1. The number of methoxy groups -OCH3 is 1. The summed E-state index contributed by atoms with van der Waals surface area (Å²) in [5.74, 6) is 1.97. The lowest BCUT2D eigenvalue weighted by Crippen LogP contribution is -2.26. The molecule has 0 unspecified atom stereocenters. The molecular weight excluding hydrogens is 466 g/mol. The van der Waals surface area contributed by atoms with Gasteiger partial charge in [0.15, 0.2) is 11.5 Å². The number of halogens is 1. The Labute approximate surface area is 211 Å². The molecule has 7 heteroatoms. The second kappa shape index (κ2) is 12.2. The molecule has 0 fully saturated rings. The third-order valence-electron chi connectivity index (χ3n) is 5.02. The zero-order chi connectivity index (χ0) is 25.4. The van der Waals surface area contributed by atoms with Gasteiger partial charge in [-0.25, -0.2) is 4.79 Å². The molecule has 0 N–H and O–H groups in total. The third-order valence-corrected chi connectivity index (χ3v) is 5.32. The minimum Gasteiger partial charge on any atom is -0.493 e. The Morgan fingerprint density at radius 1 is 0.971 bits per heavy atom. The molecule has 3 aromatic rings. The Morgan fingerprint density at radius 3 is 2.34 bits per heavy atom. The van der Waals surface area contributed by atoms with E-state index in [-0.39, 0.29) is 11.9 Å². The van der Waals surface area contributed by atoms with Crippen LogP contribution in [0.5, 0.6) is 17.2 Å². The predicted octanol–water partition coefficient (Wildman–Crippen LogP) is 6.95. The Bertz CT molecular complexity index is 1160. The number of benzene rings is 3. The van der Waals surface area contributed by atoms with Crippen molar-refractivity contribution in [2.45, 2.75) is 33.1 Å². The van der Waals surface area contributed by atoms with Gasteiger partial charge in [0, 0.05) is 19.2 Å². The normalized spacial score (nSPS) is 10.6. The maximum absolute atomic E-state index is 12.6. The van der Waals surface area contributed by atoms with Crippen molar-refractivity contribution in [1.29, 1.82) is 0 Å². The fourth-order valence-electron chi connectivity index (χ4n) is 3.27. The van der Waals surface area contributed by atoms with Crippen molar-refractivity contribution < 1.29 is 23.7 Å². The van der Waals surface area contributed by atoms with Gasteiger partial charge in [-0.2, -0.15) is 0 Å². The van der Waals surface area contributed by atoms with Gasteiger partial charge < -0.3 is 23.8 Å². The monoisotopic (exact) mass is 495 g/mol. The van der Waals surface area contributed by atoms with Crippen molar-refractivity contribution in [1.82, 2.24) is 4.90 Å². The number of nitrogens with zero attached hydrogens (tertiary/aromatic N) is 1. The molecule has 3 aromatic carbocycles. The van der Waals surface area contributed by atoms with Gasteiger partial charge in [-0.1, -0.05) is 54.6 Å². The van der Waals surface area contributed by atoms with Crippen LogP contribution in [-0.2, 0) is 17.9 Å². The minimum atomic E-state index is -0.544. The molecular formula is C28H30ClNO5. The highest BCUT2D eigenvalue weighted by atomic mass is 35.5. The van der Waals surface area contributed by atoms with Crippen molar-refractivity contribution in [2.24, 2.45) is 0 Å². The molecule has 0 radical (unpaired) electrons. The highest BCUT2D eigenvalue weighted by molar-refractivity contribution is 6.32. The standard InChI is InChI=1S/C28H30ClNO5/c1-19(2)34-25-14-12-23(16-24(25)29)20(3)35-28(31)30(4)17-22-11-13-26(27(15-22)32-5)33-18-21-9-7-6-8-10-21/h6-16,19H,3,17-18H2,1-2,4-5H3. The summed E-state index contributed by atoms with van der Waals surface area (Å²) in [6.07, 6.45) is -0.548. The van der Waals surface area contributed by atoms with Crippen LogP contribution in [0.4, 0.5) is 4.79 Å². The zero-order valence-corrected chi connectivity index (χ0v) is 21.2. The van der Waals surface area contributed by atoms with Crippen LogP contribution in [0.2, 0.25) is 5.02 Å². The Morgan fingerprint density at radius 2 is 1.69 bits per heavy atom. The van der Waals surface area contributed by atoms with Crippen LogP contribution in [-0.4, -0.2) is 31.3 Å². The van der Waals surface area contributed by atoms with E-state index in [1.807, 2.05) is 62.4 Å². The molecule has 0 atom stereocenters. The molecule has 3 rings (SSSR count). The first kappa shape index (κ1) is 26.0. The molecule has 0 spiro atoms. The summed E-state index contributed by atoms with van der Waals surface area (Å²) < 4.78 is 22.5. The van der Waals surface area contributed by atoms with Crippen molar-refractivity contribution in [3.8, 4) is 17.2 Å². The number of ether oxygens (including phenoxy) is 4. The molecule has 0 saturated carbocycles. The fraction of sp³-hybridized carbons (Fsp3) is 0.250. The third kappa shape index (κ3) is 7.42. The van der Waals surface area contributed by atoms with E-state index in [0.29, 0.717) is 41.0 Å². The number of rotatable bonds is 10. The second-order valence-electron chi connectivity index (χ2n) is 8.22. The Balaban J connectivity index is 1.59. The van der Waals surface area contributed by atoms with Crippen LogP contribution in [0.15, 0.2) is 73.3 Å². The zero-order valence-electron chi connectivity index (χ0n) is 20.4. The van der Waals surface area contributed by atoms with E-state index < -0.39 is 6.09 Å². The second-order valence-corrected chi connectivity index (χ2v) is 8.63. The van der Waals surface area contributed by atoms with Crippen LogP contribution in [0.1, 0.15) is 30.5 Å². The molecule has 184 valence electrons. The molecule has 0 aliphatic rings. The molecule has 35 heavy (non-hydrogen) atoms. The van der Waals surface area contributed by atoms with E-state index in [1.165, 1.54) is 4.90 Å². The quantitative estimate of drug-likeness (QED) is 0.285. The fourth-order valence-corrected chi connectivity index (χ4v) is 3.49. The van der Waals surface area contributed by atoms with Gasteiger partial charge in [-0.15, -0.1) is 0 Å². The summed E-state index contributed by atoms with van der Waals surface area (Å²) in [5.41, 5.74) is 2.51. The van der Waals surface area contributed by atoms with Crippen LogP contribution < -0.4 is 14.2 Å². The Hall–Kier alpha value is -3.64. The number of carbonyl (C=O) groups excluding carboxylic acids is 1. The predicted molar refractivity (Wildman–Crippen MR) is 138 cm³/mol. The van der Waals surface area contributed by atoms with Crippen molar-refractivity contribution in [3.63, 3.8) is 0 Å². The molecule has 0 aliphatic heterocycles. The van der Waals surface area contributed by atoms with Gasteiger partial charge in [-0.05, 0) is 55.3 Å². The van der Waals surface area contributed by atoms with Crippen LogP contribution in [0.3, 0.4) is 0 Å². The van der Waals surface area contributed by atoms with Gasteiger partial charge in [-0.3, -0.25) is 0 Å². The van der Waals surface area contributed by atoms with E-state index >= 15 is 0 Å². The summed E-state index contributed by atoms with van der Waals surface area (Å²) >= 11 is 6.28. The summed E-state index contributed by atoms with van der Waals surface area (Å²) in [7, 11) is 3.23. The molecule has 0 saturated heterocycles. The van der Waals surface area contributed by atoms with Crippen molar-refractivity contribution >= 4 is 23.5 Å². The van der Waals surface area contributed by atoms with Crippen LogP contribution in [0.25, 0.3) is 5.76 Å². The van der Waals surface area contributed by atoms with E-state index in [1.54, 1.807) is 32.4 Å². The highest BCUT2D eigenvalue weighted by Crippen LogP contribution is 2.31. The van der Waals surface area contributed by atoms with Gasteiger partial charge in [0.25, 0.3) is 0 Å². The van der Waals surface area contributed by atoms with Crippen molar-refractivity contribution in [3.05, 3.63) is 95.0 Å². The lowest BCUT2D eigenvalue weighted by molar-refractivity contribution is 0.152. The molecule has 6 nitrogen and oxygen atoms in total. The lowest BCUT2D eigenvalue weighted by atomic mass is 10.2. The van der Waals surface area contributed by atoms with Crippen LogP contribution >= 0.6 is 11.6 Å². The first-order valence-electron chi connectivity index (χ1n) is 11.2. The molecule has 1 amide bonds. The minimum absolute atomic E-state index is 0.00357. The van der Waals surface area contributed by atoms with Gasteiger partial charge in [0.1, 0.15) is 18.1 Å². The summed E-state index contributed by atoms with van der Waals surface area (Å²) in [4.78, 5) is 14.1. The number of amides is 1. The van der Waals surface area contributed by atoms with E-state index in [2.05, 4.69) is 6.58 Å². The summed E-state index contributed by atoms with van der Waals surface area (Å²) in [6, 6.07) is 20.6. The number of carbonyl (C=O) groups is 1. The maximum atomic E-state index is 12.6. The van der Waals surface area contributed by atoms with Crippen molar-refractivity contribution in [2.75, 3.05) is 14.2 Å². The van der Waals surface area contributed by atoms with Gasteiger partial charge in [0.2, 0.25) is 0 Å². The molecule has 0 bridgehead atoms. The molecule has 0 heterocycles. The van der Waals surface area contributed by atoms with E-state index in [9.17, 15) is 4.79 Å². The summed E-state index contributed by atoms with van der Waals surface area (Å²) in [6.45, 7) is 8.44. The first-order valence-corrected chi connectivity index (χ1v) is 11.6. The average Bonchev–Trinajstić information content (AvgIpc) is 2.84. The molecule has 0 aromatic heterocycles. The summed E-state index contributed by atoms with van der Waals surface area (Å²) in [5, 5.41) is 0.420. The van der Waals surface area contributed by atoms with Gasteiger partial charge in [0.05, 0.1) is 18.2 Å². The van der Waals surface area contributed by atoms with E-state index in [0.717, 1.165) is 11.1 Å². The van der Waals surface area contributed by atoms with Crippen LogP contribution in [0, 0.1) is 0 Å². The number of hydrogen-bond donors (Lipinski definition) is 0. The van der Waals surface area contributed by atoms with E-state index in [4.69, 9.17) is 30.5 Å². The smallest absolute Gasteiger partial charge is 0.415 e.